The first-order valence-corrected chi connectivity index (χ1v) is 9.90. The van der Waals surface area contributed by atoms with Crippen molar-refractivity contribution in [1.82, 2.24) is 20.2 Å². The van der Waals surface area contributed by atoms with Crippen molar-refractivity contribution in [2.24, 2.45) is 0 Å². The molecule has 0 fully saturated rings. The fourth-order valence-electron chi connectivity index (χ4n) is 2.60. The number of unbranched alkanes of at least 4 members (excludes halogenated alkanes) is 1. The van der Waals surface area contributed by atoms with Crippen LogP contribution in [0, 0.1) is 0 Å². The van der Waals surface area contributed by atoms with E-state index < -0.39 is 5.97 Å². The number of nitrogens with zero attached hydrogens (tertiary/aromatic N) is 4. The summed E-state index contributed by atoms with van der Waals surface area (Å²) in [5, 5.41) is 12.3. The van der Waals surface area contributed by atoms with Crippen molar-refractivity contribution in [2.75, 3.05) is 13.2 Å². The van der Waals surface area contributed by atoms with Gasteiger partial charge in [-0.3, -0.25) is 9.59 Å². The Morgan fingerprint density at radius 1 is 1.03 bits per heavy atom. The van der Waals surface area contributed by atoms with Crippen molar-refractivity contribution in [1.29, 1.82) is 0 Å². The summed E-state index contributed by atoms with van der Waals surface area (Å²) in [6, 6.07) is 16.2. The Kier molecular flexibility index (Phi) is 7.65. The first kappa shape index (κ1) is 21.2. The predicted molar refractivity (Wildman–Crippen MR) is 110 cm³/mol. The highest BCUT2D eigenvalue weighted by Gasteiger charge is 2.11. The van der Waals surface area contributed by atoms with Crippen LogP contribution in [0.3, 0.4) is 0 Å². The lowest BCUT2D eigenvalue weighted by Crippen LogP contribution is -2.16. The zero-order valence-electron chi connectivity index (χ0n) is 16.9. The van der Waals surface area contributed by atoms with E-state index in [0.717, 1.165) is 24.2 Å². The van der Waals surface area contributed by atoms with E-state index >= 15 is 0 Å². The van der Waals surface area contributed by atoms with E-state index in [1.165, 1.54) is 4.80 Å². The number of carbonyl (C=O) groups is 2. The van der Waals surface area contributed by atoms with Crippen molar-refractivity contribution in [3.05, 3.63) is 60.2 Å². The van der Waals surface area contributed by atoms with Gasteiger partial charge in [0.1, 0.15) is 5.75 Å². The first-order chi connectivity index (χ1) is 14.7. The first-order valence-electron chi connectivity index (χ1n) is 9.90. The zero-order valence-corrected chi connectivity index (χ0v) is 16.9. The summed E-state index contributed by atoms with van der Waals surface area (Å²) in [5.41, 5.74) is 1.31. The molecule has 0 aliphatic rings. The van der Waals surface area contributed by atoms with E-state index in [-0.39, 0.29) is 25.4 Å². The lowest BCUT2D eigenvalue weighted by Gasteiger charge is -2.05. The minimum absolute atomic E-state index is 0.0437. The lowest BCUT2D eigenvalue weighted by molar-refractivity contribution is -0.142. The van der Waals surface area contributed by atoms with E-state index in [1.54, 1.807) is 24.3 Å². The molecule has 0 saturated carbocycles. The van der Waals surface area contributed by atoms with Gasteiger partial charge in [0.2, 0.25) is 5.82 Å². The standard InChI is InChI=1S/C22H24N4O4/c1-2-3-15-29-19-11-9-18(10-12-19)22-23-25-26(24-22)14-13-21(28)30-16-20(27)17-7-5-4-6-8-17/h4-12H,2-3,13-16H2,1H3. The second-order valence-corrected chi connectivity index (χ2v) is 6.64. The molecule has 0 spiro atoms. The minimum Gasteiger partial charge on any atom is -0.494 e. The number of benzene rings is 2. The number of carbonyl (C=O) groups excluding carboxylic acids is 2. The molecule has 0 N–H and O–H groups in total. The van der Waals surface area contributed by atoms with Gasteiger partial charge >= 0.3 is 5.97 Å². The van der Waals surface area contributed by atoms with Gasteiger partial charge in [-0.25, -0.2) is 0 Å². The number of hydrogen-bond donors (Lipinski definition) is 0. The largest absolute Gasteiger partial charge is 0.494 e. The number of aryl methyl sites for hydroxylation is 1. The summed E-state index contributed by atoms with van der Waals surface area (Å²) in [7, 11) is 0. The molecular weight excluding hydrogens is 384 g/mol. The van der Waals surface area contributed by atoms with Gasteiger partial charge in [-0.05, 0) is 35.9 Å². The molecule has 3 aromatic rings. The van der Waals surface area contributed by atoms with Crippen LogP contribution < -0.4 is 4.74 Å². The number of tetrazole rings is 1. The Balaban J connectivity index is 1.45. The smallest absolute Gasteiger partial charge is 0.308 e. The van der Waals surface area contributed by atoms with Crippen LogP contribution in [0.2, 0.25) is 0 Å². The molecule has 0 radical (unpaired) electrons. The molecule has 0 unspecified atom stereocenters. The van der Waals surface area contributed by atoms with E-state index in [9.17, 15) is 9.59 Å². The molecule has 3 rings (SSSR count). The molecule has 0 atom stereocenters. The molecule has 0 aliphatic carbocycles. The van der Waals surface area contributed by atoms with E-state index in [1.807, 2.05) is 30.3 Å². The molecule has 1 aromatic heterocycles. The molecule has 0 amide bonds. The van der Waals surface area contributed by atoms with Crippen LogP contribution >= 0.6 is 0 Å². The molecule has 0 saturated heterocycles. The molecule has 0 bridgehead atoms. The van der Waals surface area contributed by atoms with Crippen LogP contribution in [0.4, 0.5) is 0 Å². The van der Waals surface area contributed by atoms with Crippen molar-refractivity contribution >= 4 is 11.8 Å². The maximum atomic E-state index is 12.0. The number of hydrogen-bond acceptors (Lipinski definition) is 7. The summed E-state index contributed by atoms with van der Waals surface area (Å²) in [6.07, 6.45) is 2.14. The number of aromatic nitrogens is 4. The van der Waals surface area contributed by atoms with Gasteiger partial charge in [0, 0.05) is 11.1 Å². The van der Waals surface area contributed by atoms with Crippen LogP contribution in [0.1, 0.15) is 36.5 Å². The number of esters is 1. The predicted octanol–water partition coefficient (Wildman–Crippen LogP) is 3.34. The monoisotopic (exact) mass is 408 g/mol. The highest BCUT2D eigenvalue weighted by atomic mass is 16.5. The number of rotatable bonds is 11. The fourth-order valence-corrected chi connectivity index (χ4v) is 2.60. The number of ketones is 1. The zero-order chi connectivity index (χ0) is 21.2. The van der Waals surface area contributed by atoms with Gasteiger partial charge in [-0.2, -0.15) is 4.80 Å². The Hall–Kier alpha value is -3.55. The van der Waals surface area contributed by atoms with Crippen LogP contribution in [0.5, 0.6) is 5.75 Å². The van der Waals surface area contributed by atoms with Crippen molar-refractivity contribution in [3.63, 3.8) is 0 Å². The fraction of sp³-hybridized carbons (Fsp3) is 0.318. The van der Waals surface area contributed by atoms with Gasteiger partial charge in [0.15, 0.2) is 12.4 Å². The van der Waals surface area contributed by atoms with Crippen LogP contribution in [0.15, 0.2) is 54.6 Å². The lowest BCUT2D eigenvalue weighted by atomic mass is 10.1. The number of ether oxygens (including phenoxy) is 2. The van der Waals surface area contributed by atoms with Gasteiger partial charge in [0.05, 0.1) is 19.6 Å². The van der Waals surface area contributed by atoms with Crippen LogP contribution in [-0.2, 0) is 16.1 Å². The van der Waals surface area contributed by atoms with Crippen molar-refractivity contribution < 1.29 is 19.1 Å². The minimum atomic E-state index is -0.494. The molecule has 1 heterocycles. The highest BCUT2D eigenvalue weighted by Crippen LogP contribution is 2.19. The molecular formula is C22H24N4O4. The Morgan fingerprint density at radius 3 is 2.53 bits per heavy atom. The van der Waals surface area contributed by atoms with Crippen molar-refractivity contribution in [3.8, 4) is 17.1 Å². The summed E-state index contributed by atoms with van der Waals surface area (Å²) >= 11 is 0. The van der Waals surface area contributed by atoms with Gasteiger partial charge in [0.25, 0.3) is 0 Å². The van der Waals surface area contributed by atoms with E-state index in [0.29, 0.717) is 18.0 Å². The summed E-state index contributed by atoms with van der Waals surface area (Å²) in [4.78, 5) is 25.2. The molecule has 8 nitrogen and oxygen atoms in total. The summed E-state index contributed by atoms with van der Waals surface area (Å²) in [6.45, 7) is 2.73. The highest BCUT2D eigenvalue weighted by molar-refractivity contribution is 5.97. The quantitative estimate of drug-likeness (QED) is 0.273. The second-order valence-electron chi connectivity index (χ2n) is 6.64. The van der Waals surface area contributed by atoms with Crippen LogP contribution in [0.25, 0.3) is 11.4 Å². The van der Waals surface area contributed by atoms with Crippen molar-refractivity contribution in [2.45, 2.75) is 32.7 Å². The van der Waals surface area contributed by atoms with E-state index in [2.05, 4.69) is 22.3 Å². The number of Topliss-reactive ketones (excluding diaryl/α,β-unsaturated/α-hetero) is 1. The third kappa shape index (κ3) is 6.23. The van der Waals surface area contributed by atoms with Crippen LogP contribution in [-0.4, -0.2) is 45.2 Å². The molecule has 156 valence electrons. The molecule has 0 aliphatic heterocycles. The average Bonchev–Trinajstić information content (AvgIpc) is 3.26. The average molecular weight is 408 g/mol. The molecule has 2 aromatic carbocycles. The Morgan fingerprint density at radius 2 is 1.80 bits per heavy atom. The summed E-state index contributed by atoms with van der Waals surface area (Å²) < 4.78 is 10.7. The molecule has 30 heavy (non-hydrogen) atoms. The maximum Gasteiger partial charge on any atom is 0.308 e. The second kappa shape index (κ2) is 10.8. The Bertz CT molecular complexity index is 955. The SMILES string of the molecule is CCCCOc1ccc(-c2nnn(CCC(=O)OCC(=O)c3ccccc3)n2)cc1. The van der Waals surface area contributed by atoms with Gasteiger partial charge in [-0.15, -0.1) is 10.2 Å². The maximum absolute atomic E-state index is 12.0. The normalized spacial score (nSPS) is 10.6. The third-order valence-electron chi connectivity index (χ3n) is 4.31. The summed E-state index contributed by atoms with van der Waals surface area (Å²) in [5.74, 6) is 0.522. The Labute approximate surface area is 174 Å². The van der Waals surface area contributed by atoms with Gasteiger partial charge < -0.3 is 9.47 Å². The van der Waals surface area contributed by atoms with Gasteiger partial charge in [-0.1, -0.05) is 43.7 Å². The topological polar surface area (TPSA) is 96.2 Å². The van der Waals surface area contributed by atoms with E-state index in [4.69, 9.17) is 9.47 Å². The molecule has 8 heteroatoms. The third-order valence-corrected chi connectivity index (χ3v) is 4.31.